The van der Waals surface area contributed by atoms with E-state index in [0.29, 0.717) is 6.04 Å². The lowest BCUT2D eigenvalue weighted by molar-refractivity contribution is 0.311. The number of benzene rings is 1. The Balaban J connectivity index is 1.46. The minimum atomic E-state index is 0.253. The van der Waals surface area contributed by atoms with Gasteiger partial charge in [-0.15, -0.1) is 0 Å². The monoisotopic (exact) mass is 404 g/mol. The van der Waals surface area contributed by atoms with Crippen LogP contribution >= 0.6 is 0 Å². The van der Waals surface area contributed by atoms with Gasteiger partial charge in [0.2, 0.25) is 0 Å². The highest BCUT2D eigenvalue weighted by Gasteiger charge is 2.29. The highest BCUT2D eigenvalue weighted by molar-refractivity contribution is 5.89. The number of rotatable bonds is 3. The van der Waals surface area contributed by atoms with E-state index < -0.39 is 0 Å². The maximum Gasteiger partial charge on any atom is 0.126 e. The van der Waals surface area contributed by atoms with Crippen LogP contribution in [-0.2, 0) is 7.05 Å². The van der Waals surface area contributed by atoms with Gasteiger partial charge in [-0.3, -0.25) is 10.3 Å². The zero-order valence-corrected chi connectivity index (χ0v) is 18.3. The van der Waals surface area contributed by atoms with E-state index in [-0.39, 0.29) is 6.04 Å². The summed E-state index contributed by atoms with van der Waals surface area (Å²) in [6.07, 6.45) is 5.34. The van der Waals surface area contributed by atoms with Gasteiger partial charge in [-0.1, -0.05) is 12.1 Å². The molecule has 0 bridgehead atoms. The minimum absolute atomic E-state index is 0.253. The fraction of sp³-hybridized carbons (Fsp3) is 0.500. The standard InChI is InChI=1S/C24H32N6/c1-17-7-6-12-25-22(17)18-8-4-9-19(26-18)24-27-23-20(29(24)3)10-5-11-21(23)30-15-13-28(2)14-16-30/h5-7,10-12,18-19,26H,4,8-9,13-16H2,1-3H3/t18-,19+/m0/s1. The molecule has 0 aliphatic carbocycles. The molecular weight excluding hydrogens is 372 g/mol. The van der Waals surface area contributed by atoms with Crippen molar-refractivity contribution in [2.24, 2.45) is 7.05 Å². The largest absolute Gasteiger partial charge is 0.367 e. The highest BCUT2D eigenvalue weighted by atomic mass is 15.3. The molecule has 158 valence electrons. The Morgan fingerprint density at radius 2 is 1.77 bits per heavy atom. The van der Waals surface area contributed by atoms with Crippen LogP contribution in [0, 0.1) is 6.92 Å². The molecule has 6 nitrogen and oxygen atoms in total. The van der Waals surface area contributed by atoms with E-state index in [1.807, 2.05) is 12.3 Å². The number of anilines is 1. The van der Waals surface area contributed by atoms with Crippen molar-refractivity contribution in [1.82, 2.24) is 24.8 Å². The second kappa shape index (κ2) is 8.00. The summed E-state index contributed by atoms with van der Waals surface area (Å²) in [4.78, 5) is 14.8. The summed E-state index contributed by atoms with van der Waals surface area (Å²) in [6.45, 7) is 6.48. The Morgan fingerprint density at radius 3 is 2.57 bits per heavy atom. The normalized spacial score (nSPS) is 23.2. The Morgan fingerprint density at radius 1 is 0.967 bits per heavy atom. The Bertz CT molecular complexity index is 1030. The van der Waals surface area contributed by atoms with E-state index in [4.69, 9.17) is 4.98 Å². The van der Waals surface area contributed by atoms with Gasteiger partial charge in [0.1, 0.15) is 11.3 Å². The first-order valence-electron chi connectivity index (χ1n) is 11.2. The fourth-order valence-electron chi connectivity index (χ4n) is 5.05. The van der Waals surface area contributed by atoms with Crippen molar-refractivity contribution in [2.75, 3.05) is 38.1 Å². The molecule has 5 rings (SSSR count). The van der Waals surface area contributed by atoms with E-state index in [1.165, 1.54) is 28.9 Å². The fourth-order valence-corrected chi connectivity index (χ4v) is 5.05. The lowest BCUT2D eigenvalue weighted by atomic mass is 9.94. The van der Waals surface area contributed by atoms with Crippen LogP contribution in [0.4, 0.5) is 5.69 Å². The Kier molecular flexibility index (Phi) is 5.21. The summed E-state index contributed by atoms with van der Waals surface area (Å²) >= 11 is 0. The number of imidazole rings is 1. The van der Waals surface area contributed by atoms with Crippen LogP contribution in [-0.4, -0.2) is 52.7 Å². The molecule has 0 unspecified atom stereocenters. The van der Waals surface area contributed by atoms with E-state index >= 15 is 0 Å². The van der Waals surface area contributed by atoms with Crippen LogP contribution < -0.4 is 10.2 Å². The summed E-state index contributed by atoms with van der Waals surface area (Å²) in [5, 5.41) is 3.87. The zero-order chi connectivity index (χ0) is 20.7. The molecule has 0 saturated carbocycles. The maximum atomic E-state index is 5.21. The number of aromatic nitrogens is 3. The molecule has 2 saturated heterocycles. The van der Waals surface area contributed by atoms with Gasteiger partial charge in [0.25, 0.3) is 0 Å². The maximum absolute atomic E-state index is 5.21. The van der Waals surface area contributed by atoms with Crippen molar-refractivity contribution in [3.63, 3.8) is 0 Å². The number of pyridine rings is 1. The first-order valence-corrected chi connectivity index (χ1v) is 11.2. The predicted molar refractivity (Wildman–Crippen MR) is 122 cm³/mol. The van der Waals surface area contributed by atoms with Crippen LogP contribution in [0.1, 0.15) is 48.4 Å². The van der Waals surface area contributed by atoms with Crippen LogP contribution in [0.5, 0.6) is 0 Å². The number of hydrogen-bond acceptors (Lipinski definition) is 5. The molecule has 1 aromatic carbocycles. The van der Waals surface area contributed by atoms with Gasteiger partial charge in [0.05, 0.1) is 29.0 Å². The van der Waals surface area contributed by atoms with Gasteiger partial charge in [0.15, 0.2) is 0 Å². The van der Waals surface area contributed by atoms with E-state index in [0.717, 1.165) is 50.4 Å². The number of aryl methyl sites for hydroxylation is 2. The van der Waals surface area contributed by atoms with Crippen molar-refractivity contribution >= 4 is 16.7 Å². The summed E-state index contributed by atoms with van der Waals surface area (Å²) in [6, 6.07) is 11.3. The van der Waals surface area contributed by atoms with E-state index in [9.17, 15) is 0 Å². The molecule has 6 heteroatoms. The Labute approximate surface area is 178 Å². The topological polar surface area (TPSA) is 49.2 Å². The molecule has 1 N–H and O–H groups in total. The zero-order valence-electron chi connectivity index (χ0n) is 18.3. The first-order chi connectivity index (χ1) is 14.6. The van der Waals surface area contributed by atoms with Gasteiger partial charge in [0, 0.05) is 39.4 Å². The van der Waals surface area contributed by atoms with Crippen molar-refractivity contribution < 1.29 is 0 Å². The highest BCUT2D eigenvalue weighted by Crippen LogP contribution is 2.35. The molecule has 30 heavy (non-hydrogen) atoms. The molecule has 0 radical (unpaired) electrons. The van der Waals surface area contributed by atoms with E-state index in [2.05, 4.69) is 70.0 Å². The molecule has 3 aromatic rings. The second-order valence-electron chi connectivity index (χ2n) is 8.87. The summed E-state index contributed by atoms with van der Waals surface area (Å²) in [5.41, 5.74) is 6.07. The van der Waals surface area contributed by atoms with Crippen LogP contribution in [0.15, 0.2) is 36.5 Å². The molecule has 0 spiro atoms. The molecule has 2 aliphatic rings. The third-order valence-corrected chi connectivity index (χ3v) is 6.85. The molecular formula is C24H32N6. The van der Waals surface area contributed by atoms with Crippen molar-refractivity contribution in [3.8, 4) is 0 Å². The minimum Gasteiger partial charge on any atom is -0.367 e. The van der Waals surface area contributed by atoms with Crippen molar-refractivity contribution in [2.45, 2.75) is 38.3 Å². The average molecular weight is 405 g/mol. The van der Waals surface area contributed by atoms with Crippen molar-refractivity contribution in [1.29, 1.82) is 0 Å². The molecule has 2 fully saturated rings. The van der Waals surface area contributed by atoms with Crippen LogP contribution in [0.2, 0.25) is 0 Å². The number of piperidine rings is 1. The van der Waals surface area contributed by atoms with Gasteiger partial charge < -0.3 is 14.4 Å². The number of piperazine rings is 1. The molecule has 2 aromatic heterocycles. The molecule has 2 aliphatic heterocycles. The smallest absolute Gasteiger partial charge is 0.126 e. The summed E-state index contributed by atoms with van der Waals surface area (Å²) < 4.78 is 2.29. The lowest BCUT2D eigenvalue weighted by Gasteiger charge is -2.34. The SMILES string of the molecule is Cc1cccnc1[C@@H]1CCC[C@H](c2nc3c(N4CCN(C)CC4)cccc3n2C)N1. The van der Waals surface area contributed by atoms with Gasteiger partial charge >= 0.3 is 0 Å². The summed E-state index contributed by atoms with van der Waals surface area (Å²) in [5.74, 6) is 1.14. The first kappa shape index (κ1) is 19.5. The van der Waals surface area contributed by atoms with E-state index in [1.54, 1.807) is 0 Å². The average Bonchev–Trinajstić information content (AvgIpc) is 3.12. The van der Waals surface area contributed by atoms with Crippen LogP contribution in [0.3, 0.4) is 0 Å². The number of hydrogen-bond donors (Lipinski definition) is 1. The summed E-state index contributed by atoms with van der Waals surface area (Å²) in [7, 11) is 4.36. The predicted octanol–water partition coefficient (Wildman–Crippen LogP) is 3.58. The van der Waals surface area contributed by atoms with Gasteiger partial charge in [-0.05, 0) is 57.0 Å². The number of likely N-dealkylation sites (N-methyl/N-ethyl adjacent to an activating group) is 1. The third kappa shape index (κ3) is 3.48. The lowest BCUT2D eigenvalue weighted by Crippen LogP contribution is -2.44. The van der Waals surface area contributed by atoms with Crippen molar-refractivity contribution in [3.05, 3.63) is 53.6 Å². The number of fused-ring (bicyclic) bond motifs is 1. The van der Waals surface area contributed by atoms with Crippen LogP contribution in [0.25, 0.3) is 11.0 Å². The number of para-hydroxylation sites is 1. The number of nitrogens with zero attached hydrogens (tertiary/aromatic N) is 5. The number of nitrogens with one attached hydrogen (secondary N) is 1. The molecule has 2 atom stereocenters. The Hall–Kier alpha value is -2.44. The van der Waals surface area contributed by atoms with Gasteiger partial charge in [-0.2, -0.15) is 0 Å². The third-order valence-electron chi connectivity index (χ3n) is 6.85. The quantitative estimate of drug-likeness (QED) is 0.723. The molecule has 4 heterocycles. The second-order valence-corrected chi connectivity index (χ2v) is 8.87. The van der Waals surface area contributed by atoms with Gasteiger partial charge in [-0.25, -0.2) is 4.98 Å². The molecule has 0 amide bonds.